The van der Waals surface area contributed by atoms with Gasteiger partial charge in [-0.15, -0.1) is 0 Å². The van der Waals surface area contributed by atoms with Crippen LogP contribution in [0, 0.1) is 0 Å². The standard InChI is InChI=1S/C14H14O5/c1-18-11-7-10(12(15)14(16)17)13(19-2)9-6-4-3-5-8(9)11/h3-7,12,15H,1-2H3,(H,16,17). The number of rotatable bonds is 4. The maximum Gasteiger partial charge on any atom is 0.337 e. The van der Waals surface area contributed by atoms with Gasteiger partial charge in [0.1, 0.15) is 11.5 Å². The van der Waals surface area contributed by atoms with E-state index in [0.717, 1.165) is 5.39 Å². The second kappa shape index (κ2) is 5.16. The average molecular weight is 262 g/mol. The van der Waals surface area contributed by atoms with Crippen molar-refractivity contribution < 1.29 is 24.5 Å². The fourth-order valence-electron chi connectivity index (χ4n) is 2.07. The van der Waals surface area contributed by atoms with Gasteiger partial charge in [0.25, 0.3) is 0 Å². The van der Waals surface area contributed by atoms with Crippen molar-refractivity contribution in [1.82, 2.24) is 0 Å². The van der Waals surface area contributed by atoms with Crippen molar-refractivity contribution in [2.45, 2.75) is 6.10 Å². The summed E-state index contributed by atoms with van der Waals surface area (Å²) in [6.45, 7) is 0. The first-order valence-electron chi connectivity index (χ1n) is 5.64. The van der Waals surface area contributed by atoms with Crippen molar-refractivity contribution >= 4 is 16.7 Å². The van der Waals surface area contributed by atoms with Crippen LogP contribution in [0.4, 0.5) is 0 Å². The minimum absolute atomic E-state index is 0.172. The van der Waals surface area contributed by atoms with Gasteiger partial charge in [0.05, 0.1) is 14.2 Å². The summed E-state index contributed by atoms with van der Waals surface area (Å²) < 4.78 is 10.5. The Morgan fingerprint density at radius 3 is 2.32 bits per heavy atom. The largest absolute Gasteiger partial charge is 0.496 e. The number of methoxy groups -OCH3 is 2. The van der Waals surface area contributed by atoms with Crippen LogP contribution in [0.3, 0.4) is 0 Å². The molecule has 1 atom stereocenters. The van der Waals surface area contributed by atoms with Crippen LogP contribution >= 0.6 is 0 Å². The van der Waals surface area contributed by atoms with Gasteiger partial charge >= 0.3 is 5.97 Å². The summed E-state index contributed by atoms with van der Waals surface area (Å²) in [6, 6.07) is 8.77. The summed E-state index contributed by atoms with van der Waals surface area (Å²) in [5.74, 6) is -0.506. The first kappa shape index (κ1) is 13.2. The van der Waals surface area contributed by atoms with Crippen LogP contribution in [0.5, 0.6) is 11.5 Å². The van der Waals surface area contributed by atoms with E-state index in [-0.39, 0.29) is 5.56 Å². The highest BCUT2D eigenvalue weighted by Crippen LogP contribution is 2.39. The molecule has 0 bridgehead atoms. The zero-order valence-corrected chi connectivity index (χ0v) is 10.6. The third kappa shape index (κ3) is 2.20. The van der Waals surface area contributed by atoms with Gasteiger partial charge in [-0.25, -0.2) is 4.79 Å². The minimum atomic E-state index is -1.66. The maximum atomic E-state index is 11.0. The Bertz CT molecular complexity index is 621. The Balaban J connectivity index is 2.80. The zero-order chi connectivity index (χ0) is 14.0. The molecule has 0 fully saturated rings. The molecule has 0 radical (unpaired) electrons. The lowest BCUT2D eigenvalue weighted by molar-refractivity contribution is -0.147. The van der Waals surface area contributed by atoms with Crippen LogP contribution in [-0.4, -0.2) is 30.4 Å². The monoisotopic (exact) mass is 262 g/mol. The third-order valence-electron chi connectivity index (χ3n) is 2.94. The number of aliphatic carboxylic acids is 1. The predicted octanol–water partition coefficient (Wildman–Crippen LogP) is 1.97. The molecule has 0 aliphatic rings. The van der Waals surface area contributed by atoms with E-state index in [2.05, 4.69) is 0 Å². The number of carboxylic acids is 1. The molecular formula is C14H14O5. The van der Waals surface area contributed by atoms with Crippen LogP contribution in [0.2, 0.25) is 0 Å². The topological polar surface area (TPSA) is 76.0 Å². The quantitative estimate of drug-likeness (QED) is 0.881. The molecule has 0 heterocycles. The Labute approximate surface area is 110 Å². The number of aliphatic hydroxyl groups excluding tert-OH is 1. The molecule has 2 aromatic rings. The van der Waals surface area contributed by atoms with Gasteiger partial charge in [0.2, 0.25) is 0 Å². The molecule has 5 heteroatoms. The normalized spacial score (nSPS) is 12.2. The summed E-state index contributed by atoms with van der Waals surface area (Å²) in [4.78, 5) is 11.0. The van der Waals surface area contributed by atoms with Crippen molar-refractivity contribution in [3.63, 3.8) is 0 Å². The highest BCUT2D eigenvalue weighted by molar-refractivity contribution is 5.95. The highest BCUT2D eigenvalue weighted by atomic mass is 16.5. The van der Waals surface area contributed by atoms with Crippen molar-refractivity contribution in [2.75, 3.05) is 14.2 Å². The van der Waals surface area contributed by atoms with Crippen molar-refractivity contribution in [1.29, 1.82) is 0 Å². The van der Waals surface area contributed by atoms with Crippen molar-refractivity contribution in [2.24, 2.45) is 0 Å². The number of ether oxygens (including phenoxy) is 2. The van der Waals surface area contributed by atoms with Gasteiger partial charge in [0.15, 0.2) is 6.10 Å². The second-order valence-electron chi connectivity index (χ2n) is 3.99. The highest BCUT2D eigenvalue weighted by Gasteiger charge is 2.23. The predicted molar refractivity (Wildman–Crippen MR) is 69.6 cm³/mol. The minimum Gasteiger partial charge on any atom is -0.496 e. The molecule has 0 aliphatic carbocycles. The van der Waals surface area contributed by atoms with Gasteiger partial charge in [-0.05, 0) is 6.07 Å². The van der Waals surface area contributed by atoms with Gasteiger partial charge < -0.3 is 19.7 Å². The third-order valence-corrected chi connectivity index (χ3v) is 2.94. The number of carbonyl (C=O) groups is 1. The SMILES string of the molecule is COc1cc(C(O)C(=O)O)c(OC)c2ccccc12. The summed E-state index contributed by atoms with van der Waals surface area (Å²) in [6.07, 6.45) is -1.66. The Hall–Kier alpha value is -2.27. The molecule has 100 valence electrons. The lowest BCUT2D eigenvalue weighted by atomic mass is 10.0. The van der Waals surface area contributed by atoms with Crippen LogP contribution < -0.4 is 9.47 Å². The first-order chi connectivity index (χ1) is 9.10. The number of fused-ring (bicyclic) bond motifs is 1. The van der Waals surface area contributed by atoms with Crippen LogP contribution in [0.25, 0.3) is 10.8 Å². The molecule has 0 spiro atoms. The van der Waals surface area contributed by atoms with Crippen LogP contribution in [0.15, 0.2) is 30.3 Å². The van der Waals surface area contributed by atoms with E-state index in [1.165, 1.54) is 20.3 Å². The number of benzene rings is 2. The molecule has 2 N–H and O–H groups in total. The van der Waals surface area contributed by atoms with Gasteiger partial charge in [0, 0.05) is 16.3 Å². The molecule has 0 aromatic heterocycles. The number of aliphatic hydroxyl groups is 1. The summed E-state index contributed by atoms with van der Waals surface area (Å²) >= 11 is 0. The number of carboxylic acid groups (broad SMARTS) is 1. The Morgan fingerprint density at radius 2 is 1.79 bits per heavy atom. The van der Waals surface area contributed by atoms with Gasteiger partial charge in [-0.1, -0.05) is 24.3 Å². The molecule has 2 aromatic carbocycles. The average Bonchev–Trinajstić information content (AvgIpc) is 2.44. The summed E-state index contributed by atoms with van der Waals surface area (Å²) in [5, 5.41) is 20.2. The van der Waals surface area contributed by atoms with E-state index in [4.69, 9.17) is 14.6 Å². The number of hydrogen-bond acceptors (Lipinski definition) is 4. The lowest BCUT2D eigenvalue weighted by Gasteiger charge is -2.16. The molecule has 1 unspecified atom stereocenters. The van der Waals surface area contributed by atoms with Crippen LogP contribution in [0.1, 0.15) is 11.7 Å². The molecule has 0 aliphatic heterocycles. The first-order valence-corrected chi connectivity index (χ1v) is 5.64. The van der Waals surface area contributed by atoms with Gasteiger partial charge in [-0.2, -0.15) is 0 Å². The summed E-state index contributed by atoms with van der Waals surface area (Å²) in [5.41, 5.74) is 0.172. The molecular weight excluding hydrogens is 248 g/mol. The fourth-order valence-corrected chi connectivity index (χ4v) is 2.07. The fraction of sp³-hybridized carbons (Fsp3) is 0.214. The van der Waals surface area contributed by atoms with E-state index >= 15 is 0 Å². The smallest absolute Gasteiger partial charge is 0.337 e. The van der Waals surface area contributed by atoms with E-state index in [9.17, 15) is 9.90 Å². The van der Waals surface area contributed by atoms with E-state index in [1.807, 2.05) is 12.1 Å². The Morgan fingerprint density at radius 1 is 1.16 bits per heavy atom. The molecule has 0 amide bonds. The molecule has 0 saturated heterocycles. The van der Waals surface area contributed by atoms with Crippen LogP contribution in [-0.2, 0) is 4.79 Å². The number of hydrogen-bond donors (Lipinski definition) is 2. The molecule has 0 saturated carbocycles. The second-order valence-corrected chi connectivity index (χ2v) is 3.99. The van der Waals surface area contributed by atoms with Gasteiger partial charge in [-0.3, -0.25) is 0 Å². The van der Waals surface area contributed by atoms with E-state index in [1.54, 1.807) is 12.1 Å². The molecule has 2 rings (SSSR count). The summed E-state index contributed by atoms with van der Waals surface area (Å²) in [7, 11) is 2.93. The lowest BCUT2D eigenvalue weighted by Crippen LogP contribution is -2.12. The maximum absolute atomic E-state index is 11.0. The van der Waals surface area contributed by atoms with Crippen molar-refractivity contribution in [3.05, 3.63) is 35.9 Å². The molecule has 19 heavy (non-hydrogen) atoms. The van der Waals surface area contributed by atoms with E-state index < -0.39 is 12.1 Å². The molecule has 5 nitrogen and oxygen atoms in total. The van der Waals surface area contributed by atoms with Crippen molar-refractivity contribution in [3.8, 4) is 11.5 Å². The van der Waals surface area contributed by atoms with E-state index in [0.29, 0.717) is 16.9 Å². The zero-order valence-electron chi connectivity index (χ0n) is 10.6. The Kier molecular flexibility index (Phi) is 3.57.